The molecular weight excluding hydrogens is 260 g/mol. The minimum Gasteiger partial charge on any atom is -0.477 e. The number of ether oxygens (including phenoxy) is 1. The fraction of sp³-hybridized carbons (Fsp3) is 0.286. The molecule has 0 unspecified atom stereocenters. The van der Waals surface area contributed by atoms with Crippen LogP contribution in [0.2, 0.25) is 0 Å². The van der Waals surface area contributed by atoms with Gasteiger partial charge < -0.3 is 19.7 Å². The van der Waals surface area contributed by atoms with E-state index in [2.05, 4.69) is 4.98 Å². The van der Waals surface area contributed by atoms with Crippen molar-refractivity contribution in [3.05, 3.63) is 40.2 Å². The van der Waals surface area contributed by atoms with Gasteiger partial charge in [0.2, 0.25) is 0 Å². The number of rotatable bonds is 2. The third-order valence-electron chi connectivity index (χ3n) is 3.44. The van der Waals surface area contributed by atoms with E-state index in [1.54, 1.807) is 6.07 Å². The van der Waals surface area contributed by atoms with Crippen molar-refractivity contribution in [2.24, 2.45) is 0 Å². The van der Waals surface area contributed by atoms with Gasteiger partial charge in [0.05, 0.1) is 24.4 Å². The lowest BCUT2D eigenvalue weighted by molar-refractivity contribution is 0.0694. The molecule has 2 N–H and O–H groups in total. The number of aromatic nitrogens is 1. The average molecular weight is 274 g/mol. The van der Waals surface area contributed by atoms with E-state index in [-0.39, 0.29) is 5.56 Å². The number of carboxylic acid groups (broad SMARTS) is 1. The number of aromatic carboxylic acids is 1. The number of hydrogen-bond donors (Lipinski definition) is 2. The SMILES string of the molecule is O=C(O)c1c(N2CCOCC2)c2ccccc2[nH]c1=O. The van der Waals surface area contributed by atoms with E-state index in [9.17, 15) is 14.7 Å². The van der Waals surface area contributed by atoms with E-state index < -0.39 is 11.5 Å². The number of para-hydroxylation sites is 1. The molecule has 1 aromatic heterocycles. The Kier molecular flexibility index (Phi) is 3.15. The van der Waals surface area contributed by atoms with Gasteiger partial charge in [-0.15, -0.1) is 0 Å². The van der Waals surface area contributed by atoms with Gasteiger partial charge in [-0.1, -0.05) is 18.2 Å². The summed E-state index contributed by atoms with van der Waals surface area (Å²) in [5, 5.41) is 10.1. The Balaban J connectivity index is 2.31. The van der Waals surface area contributed by atoms with Gasteiger partial charge in [-0.05, 0) is 6.07 Å². The lowest BCUT2D eigenvalue weighted by Crippen LogP contribution is -2.38. The predicted molar refractivity (Wildman–Crippen MR) is 74.6 cm³/mol. The molecule has 0 spiro atoms. The monoisotopic (exact) mass is 274 g/mol. The molecule has 1 aliphatic rings. The molecule has 2 heterocycles. The van der Waals surface area contributed by atoms with Crippen LogP contribution in [0.15, 0.2) is 29.1 Å². The number of nitrogens with one attached hydrogen (secondary N) is 1. The third-order valence-corrected chi connectivity index (χ3v) is 3.44. The number of nitrogens with zero attached hydrogens (tertiary/aromatic N) is 1. The molecule has 1 saturated heterocycles. The molecule has 3 rings (SSSR count). The first-order valence-electron chi connectivity index (χ1n) is 6.39. The highest BCUT2D eigenvalue weighted by Crippen LogP contribution is 2.28. The summed E-state index contributed by atoms with van der Waals surface area (Å²) in [7, 11) is 0. The second kappa shape index (κ2) is 4.97. The maximum Gasteiger partial charge on any atom is 0.343 e. The highest BCUT2D eigenvalue weighted by molar-refractivity contribution is 6.04. The predicted octanol–water partition coefficient (Wildman–Crippen LogP) is 1.06. The Hall–Kier alpha value is -2.34. The maximum atomic E-state index is 12.0. The van der Waals surface area contributed by atoms with Crippen LogP contribution in [0.3, 0.4) is 0 Å². The Morgan fingerprint density at radius 2 is 1.95 bits per heavy atom. The third kappa shape index (κ3) is 2.04. The number of carboxylic acids is 1. The van der Waals surface area contributed by atoms with Crippen molar-refractivity contribution in [2.75, 3.05) is 31.2 Å². The Morgan fingerprint density at radius 3 is 2.65 bits per heavy atom. The van der Waals surface area contributed by atoms with Crippen LogP contribution < -0.4 is 10.5 Å². The molecule has 0 atom stereocenters. The first-order chi connectivity index (χ1) is 9.68. The van der Waals surface area contributed by atoms with Gasteiger partial charge in [0.1, 0.15) is 5.56 Å². The lowest BCUT2D eigenvalue weighted by Gasteiger charge is -2.30. The summed E-state index contributed by atoms with van der Waals surface area (Å²) in [6.45, 7) is 2.21. The van der Waals surface area contributed by atoms with Gasteiger partial charge >= 0.3 is 5.97 Å². The van der Waals surface area contributed by atoms with E-state index in [1.807, 2.05) is 23.1 Å². The first kappa shape index (κ1) is 12.7. The minimum absolute atomic E-state index is 0.203. The van der Waals surface area contributed by atoms with Crippen molar-refractivity contribution in [3.63, 3.8) is 0 Å². The molecule has 6 nitrogen and oxygen atoms in total. The number of aromatic amines is 1. The molecule has 0 radical (unpaired) electrons. The summed E-state index contributed by atoms with van der Waals surface area (Å²) in [5.41, 5.74) is 0.354. The summed E-state index contributed by atoms with van der Waals surface area (Å²) in [4.78, 5) is 28.0. The minimum atomic E-state index is -1.21. The van der Waals surface area contributed by atoms with Crippen molar-refractivity contribution < 1.29 is 14.6 Å². The second-order valence-electron chi connectivity index (χ2n) is 4.63. The molecule has 1 aromatic carbocycles. The highest BCUT2D eigenvalue weighted by Gasteiger charge is 2.24. The number of hydrogen-bond acceptors (Lipinski definition) is 4. The van der Waals surface area contributed by atoms with Crippen molar-refractivity contribution >= 4 is 22.6 Å². The van der Waals surface area contributed by atoms with Gasteiger partial charge in [0, 0.05) is 18.5 Å². The topological polar surface area (TPSA) is 82.6 Å². The standard InChI is InChI=1S/C14H14N2O4/c17-13-11(14(18)19)12(16-5-7-20-8-6-16)9-3-1-2-4-10(9)15-13/h1-4H,5-8H2,(H,15,17)(H,18,19). The van der Waals surface area contributed by atoms with Gasteiger partial charge in [-0.25, -0.2) is 4.79 Å². The maximum absolute atomic E-state index is 12.0. The normalized spacial score (nSPS) is 15.5. The molecule has 1 aliphatic heterocycles. The quantitative estimate of drug-likeness (QED) is 0.855. The van der Waals surface area contributed by atoms with Crippen molar-refractivity contribution in [1.29, 1.82) is 0 Å². The van der Waals surface area contributed by atoms with E-state index in [0.717, 1.165) is 5.39 Å². The number of pyridine rings is 1. The Labute approximate surface area is 114 Å². The zero-order valence-electron chi connectivity index (χ0n) is 10.8. The smallest absolute Gasteiger partial charge is 0.343 e. The van der Waals surface area contributed by atoms with Crippen LogP contribution in [0.5, 0.6) is 0 Å². The zero-order valence-corrected chi connectivity index (χ0v) is 10.8. The zero-order chi connectivity index (χ0) is 14.1. The van der Waals surface area contributed by atoms with Crippen LogP contribution in [0.4, 0.5) is 5.69 Å². The van der Waals surface area contributed by atoms with Crippen LogP contribution in [0.1, 0.15) is 10.4 Å². The number of benzene rings is 1. The van der Waals surface area contributed by atoms with Gasteiger partial charge in [-0.2, -0.15) is 0 Å². The fourth-order valence-electron chi connectivity index (χ4n) is 2.54. The molecule has 1 fully saturated rings. The van der Waals surface area contributed by atoms with Crippen molar-refractivity contribution in [3.8, 4) is 0 Å². The van der Waals surface area contributed by atoms with Gasteiger partial charge in [-0.3, -0.25) is 4.79 Å². The Morgan fingerprint density at radius 1 is 1.25 bits per heavy atom. The van der Waals surface area contributed by atoms with Gasteiger partial charge in [0.15, 0.2) is 0 Å². The molecule has 0 amide bonds. The summed E-state index contributed by atoms with van der Waals surface area (Å²) in [6, 6.07) is 7.23. The summed E-state index contributed by atoms with van der Waals surface area (Å²) >= 11 is 0. The number of H-pyrrole nitrogens is 1. The number of carbonyl (C=O) groups is 1. The van der Waals surface area contributed by atoms with Gasteiger partial charge in [0.25, 0.3) is 5.56 Å². The second-order valence-corrected chi connectivity index (χ2v) is 4.63. The number of anilines is 1. The van der Waals surface area contributed by atoms with Crippen LogP contribution in [-0.4, -0.2) is 42.4 Å². The molecule has 0 saturated carbocycles. The molecular formula is C14H14N2O4. The van der Waals surface area contributed by atoms with Crippen LogP contribution in [0.25, 0.3) is 10.9 Å². The van der Waals surface area contributed by atoms with E-state index in [1.165, 1.54) is 0 Å². The van der Waals surface area contributed by atoms with Crippen LogP contribution in [-0.2, 0) is 4.74 Å². The first-order valence-corrected chi connectivity index (χ1v) is 6.39. The number of morpholine rings is 1. The molecule has 104 valence electrons. The summed E-state index contributed by atoms with van der Waals surface area (Å²) < 4.78 is 5.29. The Bertz CT molecular complexity index is 717. The number of fused-ring (bicyclic) bond motifs is 1. The van der Waals surface area contributed by atoms with E-state index >= 15 is 0 Å². The highest BCUT2D eigenvalue weighted by atomic mass is 16.5. The van der Waals surface area contributed by atoms with Crippen molar-refractivity contribution in [1.82, 2.24) is 4.98 Å². The van der Waals surface area contributed by atoms with Crippen molar-refractivity contribution in [2.45, 2.75) is 0 Å². The van der Waals surface area contributed by atoms with E-state index in [0.29, 0.717) is 37.5 Å². The largest absolute Gasteiger partial charge is 0.477 e. The molecule has 2 aromatic rings. The molecule has 20 heavy (non-hydrogen) atoms. The fourth-order valence-corrected chi connectivity index (χ4v) is 2.54. The van der Waals surface area contributed by atoms with Crippen LogP contribution in [0, 0.1) is 0 Å². The van der Waals surface area contributed by atoms with Crippen LogP contribution >= 0.6 is 0 Å². The average Bonchev–Trinajstić information content (AvgIpc) is 2.46. The lowest BCUT2D eigenvalue weighted by atomic mass is 10.1. The van der Waals surface area contributed by atoms with E-state index in [4.69, 9.17) is 4.74 Å². The molecule has 0 aliphatic carbocycles. The summed E-state index contributed by atoms with van der Waals surface area (Å²) in [6.07, 6.45) is 0. The molecule has 6 heteroatoms. The summed E-state index contributed by atoms with van der Waals surface area (Å²) in [5.74, 6) is -1.21. The molecule has 0 bridgehead atoms.